The van der Waals surface area contributed by atoms with Crippen molar-refractivity contribution >= 4 is 23.4 Å². The van der Waals surface area contributed by atoms with Gasteiger partial charge in [-0.1, -0.05) is 0 Å². The van der Waals surface area contributed by atoms with E-state index in [9.17, 15) is 23.5 Å². The molecule has 2 aliphatic heterocycles. The van der Waals surface area contributed by atoms with E-state index in [-0.39, 0.29) is 42.0 Å². The predicted octanol–water partition coefficient (Wildman–Crippen LogP) is 3.55. The molecule has 0 aliphatic carbocycles. The summed E-state index contributed by atoms with van der Waals surface area (Å²) in [6.07, 6.45) is 1.90. The Balaban J connectivity index is 0.000000270. The number of aliphatic hydroxyl groups is 1. The number of amides is 2. The van der Waals surface area contributed by atoms with Gasteiger partial charge in [0.25, 0.3) is 0 Å². The van der Waals surface area contributed by atoms with Crippen molar-refractivity contribution in [3.63, 3.8) is 0 Å². The highest BCUT2D eigenvalue weighted by Gasteiger charge is 2.23. The number of rotatable bonds is 4. The third kappa shape index (κ3) is 8.23. The number of carbonyl (C=O) groups excluding carboxylic acids is 2. The van der Waals surface area contributed by atoms with Crippen molar-refractivity contribution in [1.29, 1.82) is 5.41 Å². The van der Waals surface area contributed by atoms with Gasteiger partial charge in [0.1, 0.15) is 11.6 Å². The summed E-state index contributed by atoms with van der Waals surface area (Å²) in [4.78, 5) is 27.2. The van der Waals surface area contributed by atoms with Crippen molar-refractivity contribution in [2.75, 3.05) is 38.1 Å². The SMILES string of the molecule is CC(=O)N(C)Cc1cc(F)c(N2CCC(=N)CC2)cc1F.CC(C)OC(=O)N1CCC(O)CC1. The van der Waals surface area contributed by atoms with Gasteiger partial charge in [-0.2, -0.15) is 0 Å². The molecule has 2 heterocycles. The number of benzene rings is 1. The monoisotopic (exact) mass is 482 g/mol. The van der Waals surface area contributed by atoms with E-state index in [0.29, 0.717) is 57.6 Å². The van der Waals surface area contributed by atoms with Crippen LogP contribution in [0.3, 0.4) is 0 Å². The summed E-state index contributed by atoms with van der Waals surface area (Å²) in [5.41, 5.74) is 1.04. The van der Waals surface area contributed by atoms with E-state index in [1.165, 1.54) is 17.9 Å². The van der Waals surface area contributed by atoms with Crippen molar-refractivity contribution in [2.24, 2.45) is 0 Å². The van der Waals surface area contributed by atoms with E-state index in [4.69, 9.17) is 10.1 Å². The number of ether oxygens (including phenoxy) is 1. The smallest absolute Gasteiger partial charge is 0.410 e. The second-order valence-corrected chi connectivity index (χ2v) is 9.01. The van der Waals surface area contributed by atoms with Gasteiger partial charge in [0.05, 0.1) is 17.9 Å². The molecule has 3 rings (SSSR count). The lowest BCUT2D eigenvalue weighted by Gasteiger charge is -2.30. The zero-order chi connectivity index (χ0) is 25.4. The number of hydrogen-bond donors (Lipinski definition) is 2. The molecular formula is C24H36F2N4O4. The topological polar surface area (TPSA) is 97.2 Å². The lowest BCUT2D eigenvalue weighted by atomic mass is 10.1. The van der Waals surface area contributed by atoms with Crippen LogP contribution in [-0.2, 0) is 16.1 Å². The number of nitrogens with one attached hydrogen (secondary N) is 1. The number of halogens is 2. The molecule has 2 aliphatic rings. The van der Waals surface area contributed by atoms with Crippen LogP contribution < -0.4 is 4.90 Å². The first-order valence-corrected chi connectivity index (χ1v) is 11.6. The Hall–Kier alpha value is -2.75. The Kier molecular flexibility index (Phi) is 10.2. The fraction of sp³-hybridized carbons (Fsp3) is 0.625. The van der Waals surface area contributed by atoms with Gasteiger partial charge in [-0.15, -0.1) is 0 Å². The Morgan fingerprint density at radius 1 is 1.15 bits per heavy atom. The van der Waals surface area contributed by atoms with Crippen LogP contribution in [0.2, 0.25) is 0 Å². The van der Waals surface area contributed by atoms with E-state index >= 15 is 0 Å². The molecule has 2 amide bonds. The summed E-state index contributed by atoms with van der Waals surface area (Å²) in [5.74, 6) is -1.20. The summed E-state index contributed by atoms with van der Waals surface area (Å²) >= 11 is 0. The predicted molar refractivity (Wildman–Crippen MR) is 126 cm³/mol. The molecule has 2 fully saturated rings. The van der Waals surface area contributed by atoms with Gasteiger partial charge >= 0.3 is 6.09 Å². The molecule has 0 saturated carbocycles. The Morgan fingerprint density at radius 2 is 1.74 bits per heavy atom. The lowest BCUT2D eigenvalue weighted by Crippen LogP contribution is -2.41. The number of piperidine rings is 2. The molecular weight excluding hydrogens is 446 g/mol. The fourth-order valence-corrected chi connectivity index (χ4v) is 3.65. The van der Waals surface area contributed by atoms with Crippen molar-refractivity contribution in [3.8, 4) is 0 Å². The highest BCUT2D eigenvalue weighted by Crippen LogP contribution is 2.26. The van der Waals surface area contributed by atoms with Crippen LogP contribution in [-0.4, -0.2) is 78.1 Å². The van der Waals surface area contributed by atoms with E-state index in [0.717, 1.165) is 6.07 Å². The Labute approximate surface area is 200 Å². The molecule has 0 atom stereocenters. The average Bonchev–Trinajstić information content (AvgIpc) is 2.77. The first kappa shape index (κ1) is 27.5. The van der Waals surface area contributed by atoms with Crippen LogP contribution in [0.15, 0.2) is 12.1 Å². The fourth-order valence-electron chi connectivity index (χ4n) is 3.65. The van der Waals surface area contributed by atoms with Gasteiger partial charge in [0, 0.05) is 76.9 Å². The maximum atomic E-state index is 14.2. The molecule has 1 aromatic rings. The van der Waals surface area contributed by atoms with Gasteiger partial charge in [0.2, 0.25) is 5.91 Å². The molecule has 0 spiro atoms. The van der Waals surface area contributed by atoms with Crippen LogP contribution in [0.1, 0.15) is 52.0 Å². The van der Waals surface area contributed by atoms with Gasteiger partial charge < -0.3 is 30.0 Å². The van der Waals surface area contributed by atoms with Gasteiger partial charge in [0.15, 0.2) is 0 Å². The second kappa shape index (κ2) is 12.6. The minimum atomic E-state index is -0.514. The molecule has 2 N–H and O–H groups in total. The summed E-state index contributed by atoms with van der Waals surface area (Å²) in [6.45, 7) is 7.35. The Morgan fingerprint density at radius 3 is 2.26 bits per heavy atom. The maximum Gasteiger partial charge on any atom is 0.410 e. The molecule has 10 heteroatoms. The largest absolute Gasteiger partial charge is 0.447 e. The summed E-state index contributed by atoms with van der Waals surface area (Å²) in [5, 5.41) is 16.8. The van der Waals surface area contributed by atoms with Gasteiger partial charge in [-0.05, 0) is 32.8 Å². The van der Waals surface area contributed by atoms with Crippen molar-refractivity contribution < 1.29 is 28.2 Å². The summed E-state index contributed by atoms with van der Waals surface area (Å²) < 4.78 is 33.3. The minimum absolute atomic E-state index is 0.0447. The third-order valence-corrected chi connectivity index (χ3v) is 5.83. The van der Waals surface area contributed by atoms with E-state index in [1.807, 2.05) is 13.8 Å². The Bertz CT molecular complexity index is 863. The molecule has 0 radical (unpaired) electrons. The summed E-state index contributed by atoms with van der Waals surface area (Å²) in [7, 11) is 1.55. The summed E-state index contributed by atoms with van der Waals surface area (Å²) in [6, 6.07) is 2.34. The highest BCUT2D eigenvalue weighted by atomic mass is 19.1. The molecule has 0 aromatic heterocycles. The molecule has 8 nitrogen and oxygen atoms in total. The van der Waals surface area contributed by atoms with Gasteiger partial charge in [-0.25, -0.2) is 13.6 Å². The molecule has 2 saturated heterocycles. The maximum absolute atomic E-state index is 14.2. The van der Waals surface area contributed by atoms with Crippen LogP contribution >= 0.6 is 0 Å². The van der Waals surface area contributed by atoms with E-state index in [1.54, 1.807) is 16.8 Å². The average molecular weight is 483 g/mol. The number of hydrogen-bond acceptors (Lipinski definition) is 6. The molecule has 0 unspecified atom stereocenters. The van der Waals surface area contributed by atoms with Gasteiger partial charge in [-0.3, -0.25) is 4.79 Å². The standard InChI is InChI=1S/C15H19F2N3O.C9H17NO3/c1-10(21)19(2)9-11-7-14(17)15(8-13(11)16)20-5-3-12(18)4-6-20;1-7(2)13-9(12)10-5-3-8(11)4-6-10/h7-8,18H,3-6,9H2,1-2H3;7-8,11H,3-6H2,1-2H3. The molecule has 190 valence electrons. The lowest BCUT2D eigenvalue weighted by molar-refractivity contribution is -0.128. The van der Waals surface area contributed by atoms with E-state index < -0.39 is 11.6 Å². The van der Waals surface area contributed by atoms with Crippen LogP contribution in [0, 0.1) is 17.0 Å². The van der Waals surface area contributed by atoms with Crippen LogP contribution in [0.25, 0.3) is 0 Å². The first-order chi connectivity index (χ1) is 16.0. The molecule has 0 bridgehead atoms. The highest BCUT2D eigenvalue weighted by molar-refractivity contribution is 5.83. The van der Waals surface area contributed by atoms with Crippen molar-refractivity contribution in [1.82, 2.24) is 9.80 Å². The normalized spacial score (nSPS) is 16.8. The van der Waals surface area contributed by atoms with Crippen molar-refractivity contribution in [3.05, 3.63) is 29.3 Å². The molecule has 1 aromatic carbocycles. The van der Waals surface area contributed by atoms with E-state index in [2.05, 4.69) is 0 Å². The zero-order valence-corrected chi connectivity index (χ0v) is 20.4. The number of anilines is 1. The zero-order valence-electron chi connectivity index (χ0n) is 20.4. The first-order valence-electron chi connectivity index (χ1n) is 11.6. The quantitative estimate of drug-likeness (QED) is 0.684. The number of likely N-dealkylation sites (tertiary alicyclic amines) is 1. The molecule has 34 heavy (non-hydrogen) atoms. The van der Waals surface area contributed by atoms with Crippen LogP contribution in [0.4, 0.5) is 19.3 Å². The number of aliphatic hydroxyl groups excluding tert-OH is 1. The number of carbonyl (C=O) groups is 2. The second-order valence-electron chi connectivity index (χ2n) is 9.01. The third-order valence-electron chi connectivity index (χ3n) is 5.83. The van der Waals surface area contributed by atoms with Crippen LogP contribution in [0.5, 0.6) is 0 Å². The van der Waals surface area contributed by atoms with Crippen molar-refractivity contribution in [2.45, 2.75) is 65.2 Å². The number of nitrogens with zero attached hydrogens (tertiary/aromatic N) is 3. The minimum Gasteiger partial charge on any atom is -0.447 e.